The number of rotatable bonds is 8. The molecule has 0 unspecified atom stereocenters. The molecule has 1 aromatic rings. The third-order valence-corrected chi connectivity index (χ3v) is 3.39. The van der Waals surface area contributed by atoms with Crippen LogP contribution in [0.5, 0.6) is 0 Å². The average Bonchev–Trinajstić information content (AvgIpc) is 2.45. The zero-order chi connectivity index (χ0) is 14.4. The average molecular weight is 291 g/mol. The number of aromatic nitrogens is 1. The lowest BCUT2D eigenvalue weighted by atomic mass is 10.1. The Morgan fingerprint density at radius 3 is 2.00 bits per heavy atom. The molecule has 0 aliphatic rings. The smallest absolute Gasteiger partial charge is 0.265 e. The fraction of sp³-hybridized carbons (Fsp3) is 0.615. The van der Waals surface area contributed by atoms with Crippen LogP contribution in [0, 0.1) is 0 Å². The summed E-state index contributed by atoms with van der Waals surface area (Å²) in [6, 6.07) is 5.72. The minimum Gasteiger partial charge on any atom is -0.265 e. The summed E-state index contributed by atoms with van der Waals surface area (Å²) in [5.41, 5.74) is 0. The highest BCUT2D eigenvalue weighted by Gasteiger charge is 2.09. The molecule has 0 spiro atoms. The second-order valence-electron chi connectivity index (χ2n) is 4.12. The van der Waals surface area contributed by atoms with E-state index >= 15 is 0 Å². The molecule has 0 atom stereocenters. The van der Waals surface area contributed by atoms with Crippen LogP contribution in [0.2, 0.25) is 0 Å². The lowest BCUT2D eigenvalue weighted by molar-refractivity contribution is 0.00288. The van der Waals surface area contributed by atoms with E-state index in [-0.39, 0.29) is 5.75 Å². The molecule has 0 aliphatic heterocycles. The van der Waals surface area contributed by atoms with E-state index in [4.69, 9.17) is 0 Å². The van der Waals surface area contributed by atoms with Gasteiger partial charge in [0.25, 0.3) is 10.1 Å². The SMILES string of the molecule is CCCCCCCCS(=O)(=O)OF.c1ccncc1. The number of nitrogens with zero attached hydrogens (tertiary/aromatic N) is 1. The van der Waals surface area contributed by atoms with Crippen LogP contribution in [0.4, 0.5) is 4.53 Å². The van der Waals surface area contributed by atoms with Gasteiger partial charge in [0.1, 0.15) is 0 Å². The first-order valence-corrected chi connectivity index (χ1v) is 8.08. The third-order valence-electron chi connectivity index (χ3n) is 2.41. The predicted octanol–water partition coefficient (Wildman–Crippen LogP) is 3.66. The van der Waals surface area contributed by atoms with Gasteiger partial charge >= 0.3 is 0 Å². The zero-order valence-electron chi connectivity index (χ0n) is 11.3. The van der Waals surface area contributed by atoms with E-state index < -0.39 is 10.1 Å². The highest BCUT2D eigenvalue weighted by atomic mass is 32.2. The van der Waals surface area contributed by atoms with Gasteiger partial charge in [0, 0.05) is 12.4 Å². The minimum atomic E-state index is -3.88. The molecule has 4 nitrogen and oxygen atoms in total. The molecular formula is C13H22FNO3S. The molecule has 0 amide bonds. The first kappa shape index (κ1) is 18.0. The predicted molar refractivity (Wildman–Crippen MR) is 73.6 cm³/mol. The standard InChI is InChI=1S/C8H17FO3S.C5H5N/c1-2-3-4-5-6-7-8-13(10,11)12-9;1-2-4-6-5-3-1/h2-8H2,1H3;1-5H. The van der Waals surface area contributed by atoms with Gasteiger partial charge in [-0.3, -0.25) is 4.98 Å². The summed E-state index contributed by atoms with van der Waals surface area (Å²) in [5.74, 6) is -0.213. The van der Waals surface area contributed by atoms with Crippen LogP contribution in [0.15, 0.2) is 30.6 Å². The highest BCUT2D eigenvalue weighted by Crippen LogP contribution is 2.07. The fourth-order valence-corrected chi connectivity index (χ4v) is 2.02. The van der Waals surface area contributed by atoms with Gasteiger partial charge in [-0.25, -0.2) is 0 Å². The molecule has 110 valence electrons. The monoisotopic (exact) mass is 291 g/mol. The van der Waals surface area contributed by atoms with Crippen molar-refractivity contribution < 1.29 is 17.3 Å². The van der Waals surface area contributed by atoms with Crippen molar-refractivity contribution in [2.45, 2.75) is 45.4 Å². The van der Waals surface area contributed by atoms with Gasteiger partial charge < -0.3 is 0 Å². The molecule has 0 aromatic carbocycles. The molecule has 0 bridgehead atoms. The van der Waals surface area contributed by atoms with Crippen LogP contribution in [0.25, 0.3) is 0 Å². The Kier molecular flexibility index (Phi) is 11.4. The van der Waals surface area contributed by atoms with Crippen LogP contribution in [0.3, 0.4) is 0 Å². The number of hydrogen-bond acceptors (Lipinski definition) is 4. The van der Waals surface area contributed by atoms with Gasteiger partial charge in [-0.05, 0) is 23.1 Å². The first-order valence-electron chi connectivity index (χ1n) is 6.50. The Bertz CT molecular complexity index is 357. The number of unbranched alkanes of at least 4 members (excludes halogenated alkanes) is 5. The van der Waals surface area contributed by atoms with E-state index in [0.29, 0.717) is 6.42 Å². The topological polar surface area (TPSA) is 56.3 Å². The third kappa shape index (κ3) is 13.2. The summed E-state index contributed by atoms with van der Waals surface area (Å²) in [5, 5.41) is 0. The van der Waals surface area contributed by atoms with Crippen LogP contribution in [0.1, 0.15) is 45.4 Å². The molecule has 0 N–H and O–H groups in total. The van der Waals surface area contributed by atoms with Crippen LogP contribution >= 0.6 is 0 Å². The summed E-state index contributed by atoms with van der Waals surface area (Å²) < 4.78 is 35.1. The quantitative estimate of drug-likeness (QED) is 0.686. The minimum absolute atomic E-state index is 0.213. The Morgan fingerprint density at radius 2 is 1.58 bits per heavy atom. The molecule has 0 saturated carbocycles. The van der Waals surface area contributed by atoms with Gasteiger partial charge in [0.05, 0.1) is 5.75 Å². The zero-order valence-corrected chi connectivity index (χ0v) is 12.1. The van der Waals surface area contributed by atoms with Gasteiger partial charge in [-0.15, -0.1) is 0 Å². The molecule has 0 saturated heterocycles. The molecule has 0 aliphatic carbocycles. The Labute approximate surface area is 115 Å². The summed E-state index contributed by atoms with van der Waals surface area (Å²) in [7, 11) is -3.88. The van der Waals surface area contributed by atoms with Gasteiger partial charge in [0.2, 0.25) is 0 Å². The van der Waals surface area contributed by atoms with E-state index in [1.165, 1.54) is 6.42 Å². The first-order chi connectivity index (χ1) is 9.12. The highest BCUT2D eigenvalue weighted by molar-refractivity contribution is 7.86. The summed E-state index contributed by atoms with van der Waals surface area (Å²) in [6.45, 7) is 2.11. The maximum atomic E-state index is 11.3. The largest absolute Gasteiger partial charge is 0.297 e. The van der Waals surface area contributed by atoms with Crippen molar-refractivity contribution >= 4 is 10.1 Å². The van der Waals surface area contributed by atoms with Crippen molar-refractivity contribution in [3.8, 4) is 0 Å². The van der Waals surface area contributed by atoms with Gasteiger partial charge in [0.15, 0.2) is 0 Å². The lowest BCUT2D eigenvalue weighted by Gasteiger charge is -1.99. The number of hydrogen-bond donors (Lipinski definition) is 0. The number of pyridine rings is 1. The van der Waals surface area contributed by atoms with Crippen LogP contribution in [-0.2, 0) is 14.5 Å². The van der Waals surface area contributed by atoms with Crippen molar-refractivity contribution in [2.75, 3.05) is 5.75 Å². The van der Waals surface area contributed by atoms with Crippen molar-refractivity contribution in [1.82, 2.24) is 4.98 Å². The fourth-order valence-electron chi connectivity index (χ4n) is 1.40. The van der Waals surface area contributed by atoms with Gasteiger partial charge in [-0.1, -0.05) is 49.5 Å². The molecule has 0 radical (unpaired) electrons. The molecule has 6 heteroatoms. The van der Waals surface area contributed by atoms with Crippen molar-refractivity contribution in [3.05, 3.63) is 30.6 Å². The summed E-state index contributed by atoms with van der Waals surface area (Å²) in [6.07, 6.45) is 9.26. The molecule has 1 aromatic heterocycles. The maximum Gasteiger partial charge on any atom is 0.297 e. The lowest BCUT2D eigenvalue weighted by Crippen LogP contribution is -2.05. The summed E-state index contributed by atoms with van der Waals surface area (Å²) >= 11 is 0. The second kappa shape index (κ2) is 12.0. The van der Waals surface area contributed by atoms with Crippen molar-refractivity contribution in [1.29, 1.82) is 0 Å². The van der Waals surface area contributed by atoms with Crippen molar-refractivity contribution in [2.24, 2.45) is 0 Å². The molecule has 0 fully saturated rings. The van der Waals surface area contributed by atoms with E-state index in [1.807, 2.05) is 18.2 Å². The Balaban J connectivity index is 0.000000443. The second-order valence-corrected chi connectivity index (χ2v) is 5.77. The van der Waals surface area contributed by atoms with E-state index in [9.17, 15) is 12.9 Å². The van der Waals surface area contributed by atoms with Gasteiger partial charge in [-0.2, -0.15) is 8.42 Å². The van der Waals surface area contributed by atoms with E-state index in [2.05, 4.69) is 16.3 Å². The Hall–Kier alpha value is -1.01. The summed E-state index contributed by atoms with van der Waals surface area (Å²) in [4.78, 5) is 3.78. The van der Waals surface area contributed by atoms with E-state index in [0.717, 1.165) is 25.7 Å². The molecule has 1 rings (SSSR count). The molecular weight excluding hydrogens is 269 g/mol. The normalized spacial score (nSPS) is 10.6. The Morgan fingerprint density at radius 1 is 1.00 bits per heavy atom. The maximum absolute atomic E-state index is 11.3. The number of halogens is 1. The molecule has 1 heterocycles. The van der Waals surface area contributed by atoms with Crippen LogP contribution in [-0.4, -0.2) is 19.2 Å². The van der Waals surface area contributed by atoms with E-state index in [1.54, 1.807) is 12.4 Å². The van der Waals surface area contributed by atoms with Crippen molar-refractivity contribution in [3.63, 3.8) is 0 Å². The molecule has 19 heavy (non-hydrogen) atoms. The van der Waals surface area contributed by atoms with Crippen LogP contribution < -0.4 is 0 Å².